The van der Waals surface area contributed by atoms with Gasteiger partial charge in [-0.3, -0.25) is 0 Å². The number of hydrogen-bond acceptors (Lipinski definition) is 4. The molecule has 0 fully saturated rings. The Kier molecular flexibility index (Phi) is 4.87. The Morgan fingerprint density at radius 1 is 1.32 bits per heavy atom. The number of thioether (sulfide) groups is 1. The number of alkyl halides is 3. The molecule has 0 saturated carbocycles. The summed E-state index contributed by atoms with van der Waals surface area (Å²) in [5, 5.41) is 12.9. The first-order chi connectivity index (χ1) is 10.1. The Bertz CT molecular complexity index is 762. The Balaban J connectivity index is 2.67. The molecule has 11 heteroatoms. The Labute approximate surface area is 145 Å². The number of anilines is 1. The highest BCUT2D eigenvalue weighted by Gasteiger charge is 2.34. The zero-order valence-electron chi connectivity index (χ0n) is 10.2. The van der Waals surface area contributed by atoms with Crippen LogP contribution in [0, 0.1) is 11.3 Å². The van der Waals surface area contributed by atoms with Crippen LogP contribution in [0.1, 0.15) is 5.69 Å². The summed E-state index contributed by atoms with van der Waals surface area (Å²) >= 11 is 14.7. The first kappa shape index (κ1) is 17.3. The van der Waals surface area contributed by atoms with Crippen molar-refractivity contribution in [3.63, 3.8) is 0 Å². The van der Waals surface area contributed by atoms with Crippen molar-refractivity contribution in [1.82, 2.24) is 9.78 Å². The standard InChI is InChI=1S/C11H4BrCl2F3N4S/c12-4-1-5(13)8(6(14)2-4)21-10(19)9(7(3-18)20-21)22-11(15,16)17/h1-2H,19H2. The maximum atomic E-state index is 12.6. The number of nitrogens with zero attached hydrogens (tertiary/aromatic N) is 3. The lowest BCUT2D eigenvalue weighted by Crippen LogP contribution is -2.05. The number of benzene rings is 1. The first-order valence-corrected chi connectivity index (χ1v) is 7.70. The number of nitrogens with two attached hydrogens (primary N) is 1. The third kappa shape index (κ3) is 3.46. The van der Waals surface area contributed by atoms with Crippen LogP contribution in [0.25, 0.3) is 5.69 Å². The SMILES string of the molecule is N#Cc1nn(-c2c(Cl)cc(Br)cc2Cl)c(N)c1SC(F)(F)F. The quantitative estimate of drug-likeness (QED) is 0.678. The molecule has 0 aliphatic rings. The number of hydrogen-bond donors (Lipinski definition) is 1. The molecule has 1 aromatic carbocycles. The summed E-state index contributed by atoms with van der Waals surface area (Å²) in [6, 6.07) is 4.53. The zero-order chi connectivity index (χ0) is 16.7. The summed E-state index contributed by atoms with van der Waals surface area (Å²) in [4.78, 5) is -0.495. The highest BCUT2D eigenvalue weighted by atomic mass is 79.9. The van der Waals surface area contributed by atoms with Gasteiger partial charge in [-0.15, -0.1) is 0 Å². The van der Waals surface area contributed by atoms with Crippen LogP contribution >= 0.6 is 50.9 Å². The summed E-state index contributed by atoms with van der Waals surface area (Å²) < 4.78 is 39.2. The highest BCUT2D eigenvalue weighted by molar-refractivity contribution is 9.10. The predicted molar refractivity (Wildman–Crippen MR) is 82.3 cm³/mol. The molecule has 0 unspecified atom stereocenters. The molecule has 116 valence electrons. The topological polar surface area (TPSA) is 67.6 Å². The van der Waals surface area contributed by atoms with Gasteiger partial charge in [-0.05, 0) is 23.9 Å². The van der Waals surface area contributed by atoms with Gasteiger partial charge in [0.1, 0.15) is 17.6 Å². The molecule has 0 spiro atoms. The van der Waals surface area contributed by atoms with E-state index in [0.29, 0.717) is 4.47 Å². The molecular formula is C11H4BrCl2F3N4S. The van der Waals surface area contributed by atoms with Crippen molar-refractivity contribution in [2.45, 2.75) is 10.4 Å². The third-order valence-electron chi connectivity index (χ3n) is 2.39. The lowest BCUT2D eigenvalue weighted by atomic mass is 10.3. The van der Waals surface area contributed by atoms with Crippen LogP contribution in [0.4, 0.5) is 19.0 Å². The number of nitrogen functional groups attached to an aromatic ring is 1. The summed E-state index contributed by atoms with van der Waals surface area (Å²) in [7, 11) is 0. The average molecular weight is 432 g/mol. The Morgan fingerprint density at radius 2 is 1.86 bits per heavy atom. The smallest absolute Gasteiger partial charge is 0.383 e. The minimum Gasteiger partial charge on any atom is -0.383 e. The van der Waals surface area contributed by atoms with E-state index in [1.807, 2.05) is 0 Å². The van der Waals surface area contributed by atoms with Crippen LogP contribution in [-0.2, 0) is 0 Å². The van der Waals surface area contributed by atoms with E-state index in [2.05, 4.69) is 21.0 Å². The third-order valence-corrected chi connectivity index (χ3v) is 4.27. The van der Waals surface area contributed by atoms with Crippen molar-refractivity contribution < 1.29 is 13.2 Å². The van der Waals surface area contributed by atoms with Gasteiger partial charge >= 0.3 is 5.51 Å². The van der Waals surface area contributed by atoms with Gasteiger partial charge in [0.15, 0.2) is 5.69 Å². The number of halogens is 6. The zero-order valence-corrected chi connectivity index (χ0v) is 14.2. The van der Waals surface area contributed by atoms with E-state index >= 15 is 0 Å². The second-order valence-electron chi connectivity index (χ2n) is 3.85. The van der Waals surface area contributed by atoms with Gasteiger partial charge in [-0.2, -0.15) is 23.5 Å². The summed E-state index contributed by atoms with van der Waals surface area (Å²) in [5.74, 6) is -0.370. The lowest BCUT2D eigenvalue weighted by Gasteiger charge is -2.10. The van der Waals surface area contributed by atoms with Gasteiger partial charge in [-0.25, -0.2) is 4.68 Å². The van der Waals surface area contributed by atoms with Gasteiger partial charge in [0.25, 0.3) is 0 Å². The summed E-state index contributed by atoms with van der Waals surface area (Å²) in [6.07, 6.45) is 0. The molecule has 0 bridgehead atoms. The van der Waals surface area contributed by atoms with E-state index in [9.17, 15) is 13.2 Å². The Hall–Kier alpha value is -1.08. The molecule has 22 heavy (non-hydrogen) atoms. The molecule has 0 aliphatic heterocycles. The molecule has 4 nitrogen and oxygen atoms in total. The molecule has 1 aromatic heterocycles. The van der Waals surface area contributed by atoms with Gasteiger partial charge in [-0.1, -0.05) is 39.1 Å². The average Bonchev–Trinajstić information content (AvgIpc) is 2.64. The van der Waals surface area contributed by atoms with Gasteiger partial charge < -0.3 is 5.73 Å². The molecule has 0 amide bonds. The summed E-state index contributed by atoms with van der Waals surface area (Å²) in [5.41, 5.74) is 0.713. The molecule has 1 heterocycles. The molecule has 2 aromatic rings. The van der Waals surface area contributed by atoms with Crippen LogP contribution < -0.4 is 5.73 Å². The van der Waals surface area contributed by atoms with Crippen LogP contribution in [0.5, 0.6) is 0 Å². The number of rotatable bonds is 2. The maximum absolute atomic E-state index is 12.6. The van der Waals surface area contributed by atoms with Gasteiger partial charge in [0, 0.05) is 4.47 Å². The minimum absolute atomic E-state index is 0.0922. The van der Waals surface area contributed by atoms with Crippen LogP contribution in [0.3, 0.4) is 0 Å². The van der Waals surface area contributed by atoms with E-state index in [1.165, 1.54) is 12.1 Å². The molecule has 2 N–H and O–H groups in total. The van der Waals surface area contributed by atoms with Gasteiger partial charge in [0.05, 0.1) is 14.9 Å². The Morgan fingerprint density at radius 3 is 2.32 bits per heavy atom. The van der Waals surface area contributed by atoms with E-state index < -0.39 is 27.9 Å². The fourth-order valence-corrected chi connectivity index (χ4v) is 3.59. The van der Waals surface area contributed by atoms with E-state index in [-0.39, 0.29) is 21.6 Å². The van der Waals surface area contributed by atoms with Gasteiger partial charge in [0.2, 0.25) is 0 Å². The largest absolute Gasteiger partial charge is 0.446 e. The molecule has 0 saturated heterocycles. The molecular weight excluding hydrogens is 428 g/mol. The van der Waals surface area contributed by atoms with Crippen molar-refractivity contribution in [1.29, 1.82) is 5.26 Å². The second kappa shape index (κ2) is 6.20. The highest BCUT2D eigenvalue weighted by Crippen LogP contribution is 2.43. The van der Waals surface area contributed by atoms with Crippen molar-refractivity contribution in [2.24, 2.45) is 0 Å². The lowest BCUT2D eigenvalue weighted by molar-refractivity contribution is -0.0328. The van der Waals surface area contributed by atoms with Crippen molar-refractivity contribution in [2.75, 3.05) is 5.73 Å². The molecule has 0 atom stereocenters. The second-order valence-corrected chi connectivity index (χ2v) is 6.66. The minimum atomic E-state index is -4.61. The van der Waals surface area contributed by atoms with E-state index in [0.717, 1.165) is 4.68 Å². The van der Waals surface area contributed by atoms with Crippen molar-refractivity contribution >= 4 is 56.7 Å². The fourth-order valence-electron chi connectivity index (χ4n) is 1.61. The molecule has 0 aliphatic carbocycles. The summed E-state index contributed by atoms with van der Waals surface area (Å²) in [6.45, 7) is 0. The normalized spacial score (nSPS) is 11.5. The number of aromatic nitrogens is 2. The first-order valence-electron chi connectivity index (χ1n) is 5.33. The molecule has 0 radical (unpaired) electrons. The van der Waals surface area contributed by atoms with Crippen LogP contribution in [-0.4, -0.2) is 15.3 Å². The maximum Gasteiger partial charge on any atom is 0.446 e. The molecule has 2 rings (SSSR count). The monoisotopic (exact) mass is 430 g/mol. The van der Waals surface area contributed by atoms with E-state index in [4.69, 9.17) is 34.2 Å². The number of nitriles is 1. The van der Waals surface area contributed by atoms with Crippen molar-refractivity contribution in [3.8, 4) is 11.8 Å². The predicted octanol–water partition coefficient (Wildman–Crippen LogP) is 5.01. The van der Waals surface area contributed by atoms with Crippen LogP contribution in [0.15, 0.2) is 21.5 Å². The van der Waals surface area contributed by atoms with E-state index in [1.54, 1.807) is 6.07 Å². The van der Waals surface area contributed by atoms with Crippen molar-refractivity contribution in [3.05, 3.63) is 32.3 Å². The fraction of sp³-hybridized carbons (Fsp3) is 0.0909. The van der Waals surface area contributed by atoms with Crippen LogP contribution in [0.2, 0.25) is 10.0 Å².